The van der Waals surface area contributed by atoms with Gasteiger partial charge in [0.1, 0.15) is 0 Å². The van der Waals surface area contributed by atoms with Gasteiger partial charge in [-0.15, -0.1) is 11.3 Å². The SMILES string of the molecule is Cc1ccc(C(=O)CC[C@H](O)CO)s1. The third-order valence-electron chi connectivity index (χ3n) is 1.93. The number of aliphatic hydroxyl groups excluding tert-OH is 2. The summed E-state index contributed by atoms with van der Waals surface area (Å²) in [5.41, 5.74) is 0. The minimum Gasteiger partial charge on any atom is -0.394 e. The smallest absolute Gasteiger partial charge is 0.172 e. The molecule has 0 bridgehead atoms. The normalized spacial score (nSPS) is 12.8. The van der Waals surface area contributed by atoms with Gasteiger partial charge in [0.15, 0.2) is 5.78 Å². The van der Waals surface area contributed by atoms with Crippen molar-refractivity contribution in [3.63, 3.8) is 0 Å². The predicted molar refractivity (Wildman–Crippen MR) is 55.7 cm³/mol. The van der Waals surface area contributed by atoms with E-state index in [0.717, 1.165) is 9.75 Å². The van der Waals surface area contributed by atoms with Gasteiger partial charge in [-0.25, -0.2) is 0 Å². The van der Waals surface area contributed by atoms with Crippen LogP contribution >= 0.6 is 11.3 Å². The van der Waals surface area contributed by atoms with Crippen LogP contribution in [0, 0.1) is 6.92 Å². The first-order chi connectivity index (χ1) is 6.63. The third-order valence-corrected chi connectivity index (χ3v) is 2.97. The lowest BCUT2D eigenvalue weighted by molar-refractivity contribution is 0.0781. The standard InChI is InChI=1S/C10H14O3S/c1-7-2-5-10(14-7)9(13)4-3-8(12)6-11/h2,5,8,11-12H,3-4,6H2,1H3/t8-/m0/s1. The number of Topliss-reactive ketones (excluding diaryl/α,β-unsaturated/α-hetero) is 1. The molecule has 4 heteroatoms. The Bertz CT molecular complexity index is 306. The lowest BCUT2D eigenvalue weighted by Gasteiger charge is -2.04. The van der Waals surface area contributed by atoms with E-state index in [1.807, 2.05) is 13.0 Å². The molecule has 0 aliphatic carbocycles. The highest BCUT2D eigenvalue weighted by atomic mass is 32.1. The molecule has 1 aromatic rings. The van der Waals surface area contributed by atoms with E-state index >= 15 is 0 Å². The maximum absolute atomic E-state index is 11.5. The van der Waals surface area contributed by atoms with Crippen LogP contribution < -0.4 is 0 Å². The van der Waals surface area contributed by atoms with E-state index in [1.54, 1.807) is 6.07 Å². The molecule has 0 amide bonds. The summed E-state index contributed by atoms with van der Waals surface area (Å²) in [5.74, 6) is 0.0376. The van der Waals surface area contributed by atoms with Gasteiger partial charge in [0.25, 0.3) is 0 Å². The maximum atomic E-state index is 11.5. The summed E-state index contributed by atoms with van der Waals surface area (Å²) in [4.78, 5) is 13.3. The molecule has 14 heavy (non-hydrogen) atoms. The molecule has 3 nitrogen and oxygen atoms in total. The Labute approximate surface area is 87.0 Å². The molecule has 0 aliphatic heterocycles. The van der Waals surface area contributed by atoms with Crippen molar-refractivity contribution in [1.29, 1.82) is 0 Å². The molecule has 1 aromatic heterocycles. The lowest BCUT2D eigenvalue weighted by atomic mass is 10.1. The Morgan fingerprint density at radius 3 is 2.79 bits per heavy atom. The van der Waals surface area contributed by atoms with E-state index in [0.29, 0.717) is 12.8 Å². The largest absolute Gasteiger partial charge is 0.394 e. The van der Waals surface area contributed by atoms with Crippen molar-refractivity contribution in [2.75, 3.05) is 6.61 Å². The molecule has 1 rings (SSSR count). The summed E-state index contributed by atoms with van der Waals surface area (Å²) in [6.45, 7) is 1.67. The summed E-state index contributed by atoms with van der Waals surface area (Å²) in [7, 11) is 0. The number of aliphatic hydroxyl groups is 2. The minimum atomic E-state index is -0.778. The second kappa shape index (κ2) is 5.24. The number of carbonyl (C=O) groups excluding carboxylic acids is 1. The minimum absolute atomic E-state index is 0.0376. The molecular weight excluding hydrogens is 200 g/mol. The van der Waals surface area contributed by atoms with Gasteiger partial charge in [-0.1, -0.05) is 0 Å². The Morgan fingerprint density at radius 1 is 1.57 bits per heavy atom. The summed E-state index contributed by atoms with van der Waals surface area (Å²) in [6, 6.07) is 3.70. The van der Waals surface area contributed by atoms with E-state index in [-0.39, 0.29) is 12.4 Å². The second-order valence-electron chi connectivity index (χ2n) is 3.21. The number of hydrogen-bond acceptors (Lipinski definition) is 4. The Hall–Kier alpha value is -0.710. The van der Waals surface area contributed by atoms with Crippen LogP contribution in [0.15, 0.2) is 12.1 Å². The fraction of sp³-hybridized carbons (Fsp3) is 0.500. The highest BCUT2D eigenvalue weighted by Crippen LogP contribution is 2.17. The molecule has 0 unspecified atom stereocenters. The topological polar surface area (TPSA) is 57.5 Å². The number of rotatable bonds is 5. The summed E-state index contributed by atoms with van der Waals surface area (Å²) >= 11 is 1.46. The Balaban J connectivity index is 2.43. The zero-order chi connectivity index (χ0) is 10.6. The van der Waals surface area contributed by atoms with Crippen molar-refractivity contribution in [1.82, 2.24) is 0 Å². The zero-order valence-electron chi connectivity index (χ0n) is 8.06. The molecule has 0 aliphatic rings. The first-order valence-corrected chi connectivity index (χ1v) is 5.33. The zero-order valence-corrected chi connectivity index (χ0v) is 8.88. The molecule has 0 radical (unpaired) electrons. The van der Waals surface area contributed by atoms with Crippen molar-refractivity contribution in [3.05, 3.63) is 21.9 Å². The molecule has 0 saturated carbocycles. The van der Waals surface area contributed by atoms with Crippen LogP contribution in [0.4, 0.5) is 0 Å². The number of ketones is 1. The highest BCUT2D eigenvalue weighted by Gasteiger charge is 2.10. The highest BCUT2D eigenvalue weighted by molar-refractivity contribution is 7.14. The van der Waals surface area contributed by atoms with E-state index < -0.39 is 6.10 Å². The lowest BCUT2D eigenvalue weighted by Crippen LogP contribution is -2.13. The van der Waals surface area contributed by atoms with Crippen LogP contribution in [0.1, 0.15) is 27.4 Å². The van der Waals surface area contributed by atoms with Gasteiger partial charge in [0, 0.05) is 11.3 Å². The van der Waals surface area contributed by atoms with Crippen LogP contribution in [-0.4, -0.2) is 28.7 Å². The fourth-order valence-corrected chi connectivity index (χ4v) is 1.93. The van der Waals surface area contributed by atoms with Gasteiger partial charge in [-0.2, -0.15) is 0 Å². The van der Waals surface area contributed by atoms with Crippen LogP contribution in [0.2, 0.25) is 0 Å². The molecule has 1 atom stereocenters. The van der Waals surface area contributed by atoms with Gasteiger partial charge in [0.2, 0.25) is 0 Å². The van der Waals surface area contributed by atoms with Crippen molar-refractivity contribution in [2.24, 2.45) is 0 Å². The molecule has 78 valence electrons. The number of hydrogen-bond donors (Lipinski definition) is 2. The fourth-order valence-electron chi connectivity index (χ4n) is 1.10. The van der Waals surface area contributed by atoms with E-state index in [9.17, 15) is 4.79 Å². The average Bonchev–Trinajstić information content (AvgIpc) is 2.60. The Kier molecular flexibility index (Phi) is 4.25. The van der Waals surface area contributed by atoms with Gasteiger partial charge < -0.3 is 10.2 Å². The van der Waals surface area contributed by atoms with E-state index in [4.69, 9.17) is 10.2 Å². The molecule has 0 aromatic carbocycles. The van der Waals surface area contributed by atoms with Gasteiger partial charge >= 0.3 is 0 Å². The van der Waals surface area contributed by atoms with Crippen LogP contribution in [0.25, 0.3) is 0 Å². The molecule has 0 spiro atoms. The third kappa shape index (κ3) is 3.21. The average molecular weight is 214 g/mol. The predicted octanol–water partition coefficient (Wildman–Crippen LogP) is 1.37. The first-order valence-electron chi connectivity index (χ1n) is 4.52. The molecule has 1 heterocycles. The molecule has 0 saturated heterocycles. The van der Waals surface area contributed by atoms with Crippen LogP contribution in [0.5, 0.6) is 0 Å². The van der Waals surface area contributed by atoms with Crippen molar-refractivity contribution in [3.8, 4) is 0 Å². The maximum Gasteiger partial charge on any atom is 0.172 e. The number of thiophene rings is 1. The van der Waals surface area contributed by atoms with Crippen molar-refractivity contribution < 1.29 is 15.0 Å². The number of aryl methyl sites for hydroxylation is 1. The van der Waals surface area contributed by atoms with Crippen molar-refractivity contribution in [2.45, 2.75) is 25.9 Å². The van der Waals surface area contributed by atoms with Gasteiger partial charge in [-0.3, -0.25) is 4.79 Å². The quantitative estimate of drug-likeness (QED) is 0.728. The monoisotopic (exact) mass is 214 g/mol. The Morgan fingerprint density at radius 2 is 2.29 bits per heavy atom. The van der Waals surface area contributed by atoms with Crippen LogP contribution in [-0.2, 0) is 0 Å². The van der Waals surface area contributed by atoms with Gasteiger partial charge in [0.05, 0.1) is 17.6 Å². The first kappa shape index (κ1) is 11.4. The second-order valence-corrected chi connectivity index (χ2v) is 4.50. The van der Waals surface area contributed by atoms with Crippen LogP contribution in [0.3, 0.4) is 0 Å². The molecule has 2 N–H and O–H groups in total. The van der Waals surface area contributed by atoms with E-state index in [1.165, 1.54) is 11.3 Å². The summed E-state index contributed by atoms with van der Waals surface area (Å²) < 4.78 is 0. The number of carbonyl (C=O) groups is 1. The van der Waals surface area contributed by atoms with Crippen molar-refractivity contribution >= 4 is 17.1 Å². The summed E-state index contributed by atoms with van der Waals surface area (Å²) in [5, 5.41) is 17.6. The van der Waals surface area contributed by atoms with Gasteiger partial charge in [-0.05, 0) is 25.5 Å². The summed E-state index contributed by atoms with van der Waals surface area (Å²) in [6.07, 6.45) is -0.159. The van der Waals surface area contributed by atoms with E-state index in [2.05, 4.69) is 0 Å². The molecule has 0 fully saturated rings. The molecular formula is C10H14O3S.